The van der Waals surface area contributed by atoms with Crippen LogP contribution in [0, 0.1) is 17.2 Å². The van der Waals surface area contributed by atoms with E-state index in [1.165, 1.54) is 0 Å². The van der Waals surface area contributed by atoms with Gasteiger partial charge in [-0.05, 0) is 64.3 Å². The molecule has 3 aliphatic heterocycles. The highest BCUT2D eigenvalue weighted by molar-refractivity contribution is 5.70. The Bertz CT molecular complexity index is 860. The summed E-state index contributed by atoms with van der Waals surface area (Å²) in [5.74, 6) is 1.95. The first kappa shape index (κ1) is 22.7. The van der Waals surface area contributed by atoms with Gasteiger partial charge >= 0.3 is 6.09 Å². The molecule has 0 aromatic heterocycles. The minimum absolute atomic E-state index is 0.0376. The number of methoxy groups -OCH3 is 1. The van der Waals surface area contributed by atoms with Gasteiger partial charge in [0.05, 0.1) is 23.3 Å². The molecular formula is C24H33N3O5. The second-order valence-corrected chi connectivity index (χ2v) is 9.45. The Morgan fingerprint density at radius 1 is 1.19 bits per heavy atom. The Hall–Kier alpha value is -2.50. The molecule has 3 aliphatic rings. The van der Waals surface area contributed by atoms with Gasteiger partial charge in [0.1, 0.15) is 19.3 Å². The second kappa shape index (κ2) is 9.55. The zero-order chi connectivity index (χ0) is 22.7. The molecule has 8 nitrogen and oxygen atoms in total. The van der Waals surface area contributed by atoms with E-state index in [9.17, 15) is 4.79 Å². The number of hydrogen-bond donors (Lipinski definition) is 0. The lowest BCUT2D eigenvalue weighted by atomic mass is 9.92. The second-order valence-electron chi connectivity index (χ2n) is 9.45. The molecule has 0 N–H and O–H groups in total. The third-order valence-corrected chi connectivity index (χ3v) is 7.04. The van der Waals surface area contributed by atoms with Crippen molar-refractivity contribution >= 4 is 6.09 Å². The van der Waals surface area contributed by atoms with Crippen LogP contribution < -0.4 is 9.47 Å². The van der Waals surface area contributed by atoms with Crippen molar-refractivity contribution in [3.05, 3.63) is 23.8 Å². The van der Waals surface area contributed by atoms with E-state index in [-0.39, 0.29) is 18.2 Å². The number of piperidine rings is 1. The molecule has 8 heteroatoms. The monoisotopic (exact) mass is 443 g/mol. The zero-order valence-corrected chi connectivity index (χ0v) is 19.2. The third-order valence-electron chi connectivity index (χ3n) is 7.04. The number of fused-ring (bicyclic) bond motifs is 1. The molecule has 2 fully saturated rings. The third kappa shape index (κ3) is 4.94. The van der Waals surface area contributed by atoms with Crippen molar-refractivity contribution in [3.63, 3.8) is 0 Å². The maximum Gasteiger partial charge on any atom is 0.410 e. The minimum Gasteiger partial charge on any atom is -0.486 e. The summed E-state index contributed by atoms with van der Waals surface area (Å²) < 4.78 is 22.8. The molecule has 0 saturated carbocycles. The van der Waals surface area contributed by atoms with E-state index in [1.807, 2.05) is 18.7 Å². The molecule has 3 heterocycles. The molecule has 0 bridgehead atoms. The first-order valence-corrected chi connectivity index (χ1v) is 11.4. The lowest BCUT2D eigenvalue weighted by Gasteiger charge is -2.37. The molecule has 2 saturated heterocycles. The number of benzene rings is 1. The Kier molecular flexibility index (Phi) is 6.77. The van der Waals surface area contributed by atoms with Gasteiger partial charge in [-0.2, -0.15) is 5.26 Å². The Balaban J connectivity index is 1.23. The molecule has 0 radical (unpaired) electrons. The molecular weight excluding hydrogens is 410 g/mol. The van der Waals surface area contributed by atoms with Crippen molar-refractivity contribution < 1.29 is 23.7 Å². The van der Waals surface area contributed by atoms with Gasteiger partial charge in [0.15, 0.2) is 11.5 Å². The van der Waals surface area contributed by atoms with Crippen LogP contribution in [0.4, 0.5) is 4.79 Å². The van der Waals surface area contributed by atoms with Crippen molar-refractivity contribution in [2.24, 2.45) is 5.92 Å². The maximum absolute atomic E-state index is 12.2. The lowest BCUT2D eigenvalue weighted by Crippen LogP contribution is -2.50. The van der Waals surface area contributed by atoms with E-state index in [0.29, 0.717) is 42.7 Å². The quantitative estimate of drug-likeness (QED) is 0.640. The van der Waals surface area contributed by atoms with Crippen molar-refractivity contribution in [2.45, 2.75) is 50.9 Å². The first-order chi connectivity index (χ1) is 15.4. The van der Waals surface area contributed by atoms with E-state index in [4.69, 9.17) is 24.2 Å². The van der Waals surface area contributed by atoms with E-state index in [2.05, 4.69) is 11.0 Å². The first-order valence-electron chi connectivity index (χ1n) is 11.4. The molecule has 0 spiro atoms. The van der Waals surface area contributed by atoms with Gasteiger partial charge in [-0.25, -0.2) is 4.79 Å². The van der Waals surface area contributed by atoms with Crippen LogP contribution in [0.1, 0.15) is 38.7 Å². The summed E-state index contributed by atoms with van der Waals surface area (Å²) in [6.07, 6.45) is 2.91. The van der Waals surface area contributed by atoms with Gasteiger partial charge in [-0.15, -0.1) is 0 Å². The van der Waals surface area contributed by atoms with Crippen LogP contribution in [0.15, 0.2) is 18.2 Å². The Labute approximate surface area is 190 Å². The number of carbonyl (C=O) groups excluding carboxylic acids is 1. The number of carbonyl (C=O) groups is 1. The van der Waals surface area contributed by atoms with Crippen LogP contribution in [-0.2, 0) is 9.47 Å². The number of ether oxygens (including phenoxy) is 4. The van der Waals surface area contributed by atoms with Crippen LogP contribution >= 0.6 is 0 Å². The average molecular weight is 444 g/mol. The summed E-state index contributed by atoms with van der Waals surface area (Å²) in [7, 11) is 1.68. The largest absolute Gasteiger partial charge is 0.486 e. The number of likely N-dealkylation sites (tertiary alicyclic amines) is 1. The number of amides is 1. The highest BCUT2D eigenvalue weighted by Crippen LogP contribution is 2.33. The summed E-state index contributed by atoms with van der Waals surface area (Å²) in [5.41, 5.74) is 0.149. The number of nitriles is 1. The summed E-state index contributed by atoms with van der Waals surface area (Å²) >= 11 is 0. The molecule has 174 valence electrons. The highest BCUT2D eigenvalue weighted by Gasteiger charge is 2.43. The Morgan fingerprint density at radius 2 is 1.97 bits per heavy atom. The molecule has 1 amide bonds. The molecule has 4 rings (SSSR count). The van der Waals surface area contributed by atoms with E-state index >= 15 is 0 Å². The molecule has 2 atom stereocenters. The standard InChI is InChI=1S/C24H33N3O5/c1-24(2,29-3)22-16-31-23(28)27(22)11-8-17-6-9-26(10-7-17)14-19-15-30-20-5-4-18(13-25)12-21(20)32-19/h4-5,12,17,19,22H,6-11,14-16H2,1-3H3/t19-,22?/m0/s1. The van der Waals surface area contributed by atoms with Crippen LogP contribution in [0.3, 0.4) is 0 Å². The van der Waals surface area contributed by atoms with Gasteiger partial charge in [-0.3, -0.25) is 9.80 Å². The molecule has 1 unspecified atom stereocenters. The minimum atomic E-state index is -0.426. The SMILES string of the molecule is COC(C)(C)C1COC(=O)N1CCC1CCN(C[C@H]2COc3ccc(C#N)cc3O2)CC1. The zero-order valence-electron chi connectivity index (χ0n) is 19.2. The number of hydrogen-bond acceptors (Lipinski definition) is 7. The highest BCUT2D eigenvalue weighted by atomic mass is 16.6. The predicted molar refractivity (Wildman–Crippen MR) is 118 cm³/mol. The van der Waals surface area contributed by atoms with Gasteiger partial charge < -0.3 is 18.9 Å². The number of rotatable bonds is 7. The summed E-state index contributed by atoms with van der Waals surface area (Å²) in [6.45, 7) is 8.45. The van der Waals surface area contributed by atoms with Crippen molar-refractivity contribution in [3.8, 4) is 17.6 Å². The van der Waals surface area contributed by atoms with Crippen molar-refractivity contribution in [2.75, 3.05) is 46.5 Å². The topological polar surface area (TPSA) is 84.3 Å². The molecule has 0 aliphatic carbocycles. The van der Waals surface area contributed by atoms with E-state index in [1.54, 1.807) is 25.3 Å². The Morgan fingerprint density at radius 3 is 2.69 bits per heavy atom. The van der Waals surface area contributed by atoms with Crippen LogP contribution in [0.2, 0.25) is 0 Å². The number of nitrogens with zero attached hydrogens (tertiary/aromatic N) is 3. The van der Waals surface area contributed by atoms with Crippen LogP contribution in [0.5, 0.6) is 11.5 Å². The lowest BCUT2D eigenvalue weighted by molar-refractivity contribution is -0.0336. The fourth-order valence-electron chi connectivity index (χ4n) is 4.75. The average Bonchev–Trinajstić information content (AvgIpc) is 3.19. The van der Waals surface area contributed by atoms with Gasteiger partial charge in [0.2, 0.25) is 0 Å². The summed E-state index contributed by atoms with van der Waals surface area (Å²) in [6, 6.07) is 7.38. The van der Waals surface area contributed by atoms with Crippen LogP contribution in [-0.4, -0.2) is 80.1 Å². The van der Waals surface area contributed by atoms with E-state index in [0.717, 1.165) is 38.9 Å². The molecule has 32 heavy (non-hydrogen) atoms. The smallest absolute Gasteiger partial charge is 0.410 e. The number of cyclic esters (lactones) is 1. The fourth-order valence-corrected chi connectivity index (χ4v) is 4.75. The van der Waals surface area contributed by atoms with Crippen LogP contribution in [0.25, 0.3) is 0 Å². The fraction of sp³-hybridized carbons (Fsp3) is 0.667. The van der Waals surface area contributed by atoms with Gasteiger partial charge in [0, 0.05) is 26.3 Å². The van der Waals surface area contributed by atoms with Crippen molar-refractivity contribution in [1.82, 2.24) is 9.80 Å². The summed E-state index contributed by atoms with van der Waals surface area (Å²) in [4.78, 5) is 16.5. The van der Waals surface area contributed by atoms with Crippen molar-refractivity contribution in [1.29, 1.82) is 5.26 Å². The normalized spacial score (nSPS) is 24.3. The molecule has 1 aromatic rings. The predicted octanol–water partition coefficient (Wildman–Crippen LogP) is 3.05. The molecule has 1 aromatic carbocycles. The van der Waals surface area contributed by atoms with E-state index < -0.39 is 5.60 Å². The summed E-state index contributed by atoms with van der Waals surface area (Å²) in [5, 5.41) is 9.10. The van der Waals surface area contributed by atoms with Gasteiger partial charge in [-0.1, -0.05) is 0 Å². The van der Waals surface area contributed by atoms with Gasteiger partial charge in [0.25, 0.3) is 0 Å². The maximum atomic E-state index is 12.2.